The Bertz CT molecular complexity index is 596. The molecule has 0 saturated heterocycles. The minimum atomic E-state index is -0.341. The molecule has 1 aromatic carbocycles. The number of aryl methyl sites for hydroxylation is 1. The quantitative estimate of drug-likeness (QED) is 0.852. The van der Waals surface area contributed by atoms with Gasteiger partial charge in [0.2, 0.25) is 0 Å². The summed E-state index contributed by atoms with van der Waals surface area (Å²) in [6.07, 6.45) is 1.35. The number of aromatic nitrogens is 1. The zero-order chi connectivity index (χ0) is 12.3. The van der Waals surface area contributed by atoms with Gasteiger partial charge >= 0.3 is 0 Å². The second kappa shape index (κ2) is 4.49. The van der Waals surface area contributed by atoms with E-state index >= 15 is 0 Å². The summed E-state index contributed by atoms with van der Waals surface area (Å²) >= 11 is 0. The minimum absolute atomic E-state index is 0.341. The van der Waals surface area contributed by atoms with Crippen molar-refractivity contribution in [2.75, 3.05) is 5.32 Å². The van der Waals surface area contributed by atoms with Crippen molar-refractivity contribution in [2.24, 2.45) is 0 Å². The molecule has 0 bridgehead atoms. The number of para-hydroxylation sites is 1. The lowest BCUT2D eigenvalue weighted by Crippen LogP contribution is -2.13. The van der Waals surface area contributed by atoms with E-state index in [1.54, 1.807) is 31.2 Å². The van der Waals surface area contributed by atoms with E-state index in [9.17, 15) is 4.79 Å². The molecule has 0 fully saturated rings. The molecule has 0 atom stereocenters. The van der Waals surface area contributed by atoms with Crippen LogP contribution in [0.3, 0.4) is 0 Å². The number of hydrogen-bond acceptors (Lipinski definition) is 4. The van der Waals surface area contributed by atoms with Crippen molar-refractivity contribution >= 4 is 11.6 Å². The van der Waals surface area contributed by atoms with Gasteiger partial charge in [0.25, 0.3) is 5.91 Å². The summed E-state index contributed by atoms with van der Waals surface area (Å²) in [5, 5.41) is 15.1. The first kappa shape index (κ1) is 10.9. The number of carbonyl (C=O) groups excluding carboxylic acids is 1. The molecular formula is C12H9N3O2. The molecule has 0 aliphatic carbocycles. The second-order valence-electron chi connectivity index (χ2n) is 3.41. The highest BCUT2D eigenvalue weighted by Crippen LogP contribution is 2.16. The lowest BCUT2D eigenvalue weighted by atomic mass is 10.2. The van der Waals surface area contributed by atoms with Crippen LogP contribution in [0.15, 0.2) is 35.0 Å². The Morgan fingerprint density at radius 2 is 2.24 bits per heavy atom. The van der Waals surface area contributed by atoms with Crippen LogP contribution in [0.1, 0.15) is 21.7 Å². The summed E-state index contributed by atoms with van der Waals surface area (Å²) in [7, 11) is 0. The van der Waals surface area contributed by atoms with Gasteiger partial charge < -0.3 is 9.84 Å². The molecule has 84 valence electrons. The lowest BCUT2D eigenvalue weighted by Gasteiger charge is -2.05. The summed E-state index contributed by atoms with van der Waals surface area (Å²) in [5.41, 5.74) is 1.24. The lowest BCUT2D eigenvalue weighted by molar-refractivity contribution is 0.102. The highest BCUT2D eigenvalue weighted by molar-refractivity contribution is 6.05. The first-order chi connectivity index (χ1) is 8.22. The fourth-order valence-corrected chi connectivity index (χ4v) is 1.40. The van der Waals surface area contributed by atoms with Crippen LogP contribution in [0.5, 0.6) is 0 Å². The summed E-state index contributed by atoms with van der Waals surface area (Å²) in [6, 6.07) is 8.79. The minimum Gasteiger partial charge on any atom is -0.361 e. The largest absolute Gasteiger partial charge is 0.361 e. The van der Waals surface area contributed by atoms with E-state index in [1.165, 1.54) is 6.20 Å². The van der Waals surface area contributed by atoms with Crippen molar-refractivity contribution in [1.82, 2.24) is 5.16 Å². The van der Waals surface area contributed by atoms with Gasteiger partial charge in [0.15, 0.2) is 0 Å². The number of benzene rings is 1. The molecule has 1 N–H and O–H groups in total. The fraction of sp³-hybridized carbons (Fsp3) is 0.0833. The summed E-state index contributed by atoms with van der Waals surface area (Å²) in [6.45, 7) is 1.65. The van der Waals surface area contributed by atoms with Crippen LogP contribution in [0.2, 0.25) is 0 Å². The summed E-state index contributed by atoms with van der Waals surface area (Å²) in [5.74, 6) is 0.100. The van der Waals surface area contributed by atoms with Gasteiger partial charge in [-0.3, -0.25) is 4.79 Å². The van der Waals surface area contributed by atoms with Gasteiger partial charge in [-0.15, -0.1) is 0 Å². The first-order valence-corrected chi connectivity index (χ1v) is 4.94. The number of anilines is 1. The number of nitrogens with one attached hydrogen (secondary N) is 1. The molecule has 5 nitrogen and oxygen atoms in total. The van der Waals surface area contributed by atoms with Crippen molar-refractivity contribution < 1.29 is 9.32 Å². The molecule has 1 aromatic heterocycles. The zero-order valence-electron chi connectivity index (χ0n) is 9.10. The van der Waals surface area contributed by atoms with Gasteiger partial charge in [0.1, 0.15) is 17.4 Å². The average molecular weight is 227 g/mol. The number of rotatable bonds is 2. The van der Waals surface area contributed by atoms with E-state index in [2.05, 4.69) is 10.5 Å². The number of nitriles is 1. The molecule has 2 aromatic rings. The Kier molecular flexibility index (Phi) is 2.88. The Morgan fingerprint density at radius 3 is 2.88 bits per heavy atom. The topological polar surface area (TPSA) is 78.9 Å². The Hall–Kier alpha value is -2.61. The van der Waals surface area contributed by atoms with Crippen molar-refractivity contribution in [3.8, 4) is 6.07 Å². The van der Waals surface area contributed by atoms with E-state index in [-0.39, 0.29) is 5.91 Å². The van der Waals surface area contributed by atoms with Crippen molar-refractivity contribution in [3.05, 3.63) is 47.3 Å². The fourth-order valence-electron chi connectivity index (χ4n) is 1.40. The highest BCUT2D eigenvalue weighted by atomic mass is 16.5. The molecule has 5 heteroatoms. The number of amides is 1. The highest BCUT2D eigenvalue weighted by Gasteiger charge is 2.14. The monoisotopic (exact) mass is 227 g/mol. The number of carbonyl (C=O) groups is 1. The van der Waals surface area contributed by atoms with E-state index in [0.29, 0.717) is 22.6 Å². The molecule has 17 heavy (non-hydrogen) atoms. The Morgan fingerprint density at radius 1 is 1.47 bits per heavy atom. The van der Waals surface area contributed by atoms with Crippen LogP contribution in [0.25, 0.3) is 0 Å². The molecule has 1 heterocycles. The molecular weight excluding hydrogens is 218 g/mol. The summed E-state index contributed by atoms with van der Waals surface area (Å²) < 4.78 is 4.80. The van der Waals surface area contributed by atoms with Gasteiger partial charge in [-0.2, -0.15) is 5.26 Å². The molecule has 0 unspecified atom stereocenters. The molecule has 0 radical (unpaired) electrons. The van der Waals surface area contributed by atoms with E-state index in [0.717, 1.165) is 0 Å². The van der Waals surface area contributed by atoms with E-state index in [4.69, 9.17) is 9.78 Å². The number of hydrogen-bond donors (Lipinski definition) is 1. The van der Waals surface area contributed by atoms with Crippen LogP contribution >= 0.6 is 0 Å². The maximum atomic E-state index is 11.8. The van der Waals surface area contributed by atoms with Gasteiger partial charge in [-0.25, -0.2) is 0 Å². The maximum absolute atomic E-state index is 11.8. The van der Waals surface area contributed by atoms with Crippen LogP contribution in [0.4, 0.5) is 5.69 Å². The van der Waals surface area contributed by atoms with Gasteiger partial charge in [0, 0.05) is 0 Å². The predicted octanol–water partition coefficient (Wildman–Crippen LogP) is 2.11. The third-order valence-corrected chi connectivity index (χ3v) is 2.29. The molecule has 0 aliphatic heterocycles. The molecule has 2 rings (SSSR count). The maximum Gasteiger partial charge on any atom is 0.260 e. The predicted molar refractivity (Wildman–Crippen MR) is 60.4 cm³/mol. The first-order valence-electron chi connectivity index (χ1n) is 4.94. The van der Waals surface area contributed by atoms with E-state index < -0.39 is 0 Å². The van der Waals surface area contributed by atoms with Crippen molar-refractivity contribution in [2.45, 2.75) is 6.92 Å². The second-order valence-corrected chi connectivity index (χ2v) is 3.41. The van der Waals surface area contributed by atoms with Crippen LogP contribution in [0, 0.1) is 18.3 Å². The molecule has 0 saturated carbocycles. The van der Waals surface area contributed by atoms with Crippen molar-refractivity contribution in [1.29, 1.82) is 5.26 Å². The third-order valence-electron chi connectivity index (χ3n) is 2.29. The SMILES string of the molecule is Cc1oncc1C(=O)Nc1ccccc1C#N. The third kappa shape index (κ3) is 2.16. The Labute approximate surface area is 97.7 Å². The average Bonchev–Trinajstić information content (AvgIpc) is 2.76. The summed E-state index contributed by atoms with van der Waals surface area (Å²) in [4.78, 5) is 11.8. The smallest absolute Gasteiger partial charge is 0.260 e. The molecule has 0 aliphatic rings. The number of nitrogens with zero attached hydrogens (tertiary/aromatic N) is 2. The van der Waals surface area contributed by atoms with Crippen LogP contribution in [-0.2, 0) is 0 Å². The standard InChI is InChI=1S/C12H9N3O2/c1-8-10(7-14-17-8)12(16)15-11-5-3-2-4-9(11)6-13/h2-5,7H,1H3,(H,15,16). The van der Waals surface area contributed by atoms with Crippen LogP contribution in [-0.4, -0.2) is 11.1 Å². The van der Waals surface area contributed by atoms with Gasteiger partial charge in [-0.05, 0) is 19.1 Å². The van der Waals surface area contributed by atoms with Gasteiger partial charge in [0.05, 0.1) is 17.4 Å². The molecule has 1 amide bonds. The Balaban J connectivity index is 2.26. The molecule has 0 spiro atoms. The normalized spacial score (nSPS) is 9.65. The van der Waals surface area contributed by atoms with Crippen molar-refractivity contribution in [3.63, 3.8) is 0 Å². The van der Waals surface area contributed by atoms with E-state index in [1.807, 2.05) is 6.07 Å². The zero-order valence-corrected chi connectivity index (χ0v) is 9.10. The van der Waals surface area contributed by atoms with Crippen LogP contribution < -0.4 is 5.32 Å². The van der Waals surface area contributed by atoms with Gasteiger partial charge in [-0.1, -0.05) is 17.3 Å².